The van der Waals surface area contributed by atoms with Crippen LogP contribution in [0.15, 0.2) is 46.7 Å². The van der Waals surface area contributed by atoms with E-state index in [2.05, 4.69) is 0 Å². The highest BCUT2D eigenvalue weighted by Gasteiger charge is 2.24. The van der Waals surface area contributed by atoms with Crippen LogP contribution in [-0.4, -0.2) is 30.3 Å². The zero-order valence-electron chi connectivity index (χ0n) is 11.4. The molecule has 1 aromatic carbocycles. The van der Waals surface area contributed by atoms with Crippen molar-refractivity contribution in [3.8, 4) is 0 Å². The lowest BCUT2D eigenvalue weighted by molar-refractivity contribution is 0.0696. The number of benzene rings is 1. The summed E-state index contributed by atoms with van der Waals surface area (Å²) in [6, 6.07) is 9.15. The molecule has 2 rings (SSSR count). The fraction of sp³-hybridized carbons (Fsp3) is 0.214. The van der Waals surface area contributed by atoms with E-state index in [1.807, 2.05) is 17.5 Å². The molecule has 0 aliphatic rings. The number of hydrogen-bond donors (Lipinski definition) is 1. The Labute approximate surface area is 127 Å². The molecule has 5 nitrogen and oxygen atoms in total. The highest BCUT2D eigenvalue weighted by atomic mass is 32.2. The summed E-state index contributed by atoms with van der Waals surface area (Å²) >= 11 is 1.49. The third-order valence-electron chi connectivity index (χ3n) is 2.98. The number of rotatable bonds is 6. The van der Waals surface area contributed by atoms with Gasteiger partial charge in [0.25, 0.3) is 0 Å². The number of nitrogens with zero attached hydrogens (tertiary/aromatic N) is 1. The standard InChI is InChI=1S/C14H15NO4S2/c1-2-15(10-12-6-4-8-20-12)21(18,19)13-7-3-5-11(9-13)14(16)17/h3-9H,2,10H2,1H3,(H,16,17). The van der Waals surface area contributed by atoms with E-state index in [-0.39, 0.29) is 17.0 Å². The molecule has 1 aromatic heterocycles. The minimum Gasteiger partial charge on any atom is -0.478 e. The van der Waals surface area contributed by atoms with Crippen LogP contribution in [-0.2, 0) is 16.6 Å². The second kappa shape index (κ2) is 6.38. The van der Waals surface area contributed by atoms with Crippen LogP contribution in [0.2, 0.25) is 0 Å². The van der Waals surface area contributed by atoms with Crippen molar-refractivity contribution in [1.29, 1.82) is 0 Å². The van der Waals surface area contributed by atoms with Gasteiger partial charge < -0.3 is 5.11 Å². The molecular formula is C14H15NO4S2. The SMILES string of the molecule is CCN(Cc1cccs1)S(=O)(=O)c1cccc(C(=O)O)c1. The first-order valence-electron chi connectivity index (χ1n) is 6.31. The molecule has 0 saturated carbocycles. The second-order valence-corrected chi connectivity index (χ2v) is 7.31. The van der Waals surface area contributed by atoms with E-state index in [4.69, 9.17) is 5.11 Å². The number of thiophene rings is 1. The average Bonchev–Trinajstić information content (AvgIpc) is 2.97. The lowest BCUT2D eigenvalue weighted by Crippen LogP contribution is -2.30. The Hall–Kier alpha value is -1.70. The number of sulfonamides is 1. The molecule has 0 aliphatic carbocycles. The van der Waals surface area contributed by atoms with Gasteiger partial charge in [0.05, 0.1) is 10.5 Å². The van der Waals surface area contributed by atoms with E-state index in [9.17, 15) is 13.2 Å². The van der Waals surface area contributed by atoms with Gasteiger partial charge in [0.15, 0.2) is 0 Å². The summed E-state index contributed by atoms with van der Waals surface area (Å²) in [5.41, 5.74) is -0.0387. The summed E-state index contributed by atoms with van der Waals surface area (Å²) in [6.07, 6.45) is 0. The number of carbonyl (C=O) groups is 1. The molecule has 1 N–H and O–H groups in total. The summed E-state index contributed by atoms with van der Waals surface area (Å²) in [4.78, 5) is 11.9. The topological polar surface area (TPSA) is 74.7 Å². The summed E-state index contributed by atoms with van der Waals surface area (Å²) in [5, 5.41) is 10.9. The maximum Gasteiger partial charge on any atom is 0.335 e. The molecule has 0 saturated heterocycles. The Morgan fingerprint density at radius 1 is 1.29 bits per heavy atom. The molecule has 0 bridgehead atoms. The van der Waals surface area contributed by atoms with Crippen LogP contribution in [0, 0.1) is 0 Å². The molecule has 0 spiro atoms. The first-order valence-corrected chi connectivity index (χ1v) is 8.63. The van der Waals surface area contributed by atoms with Crippen molar-refractivity contribution in [3.05, 3.63) is 52.2 Å². The lowest BCUT2D eigenvalue weighted by atomic mass is 10.2. The fourth-order valence-corrected chi connectivity index (χ4v) is 4.16. The Balaban J connectivity index is 2.35. The van der Waals surface area contributed by atoms with Crippen molar-refractivity contribution in [2.45, 2.75) is 18.4 Å². The number of hydrogen-bond acceptors (Lipinski definition) is 4. The summed E-state index contributed by atoms with van der Waals surface area (Å²) in [5.74, 6) is -1.15. The normalized spacial score (nSPS) is 11.7. The molecule has 0 aliphatic heterocycles. The van der Waals surface area contributed by atoms with Gasteiger partial charge >= 0.3 is 5.97 Å². The quantitative estimate of drug-likeness (QED) is 0.886. The van der Waals surface area contributed by atoms with E-state index in [0.717, 1.165) is 4.88 Å². The van der Waals surface area contributed by atoms with Gasteiger partial charge in [0.2, 0.25) is 10.0 Å². The minimum atomic E-state index is -3.71. The number of carboxylic acids is 1. The highest BCUT2D eigenvalue weighted by molar-refractivity contribution is 7.89. The van der Waals surface area contributed by atoms with Gasteiger partial charge in [-0.25, -0.2) is 13.2 Å². The van der Waals surface area contributed by atoms with Gasteiger partial charge in [-0.15, -0.1) is 11.3 Å². The predicted octanol–water partition coefficient (Wildman–Crippen LogP) is 2.66. The maximum absolute atomic E-state index is 12.6. The zero-order valence-corrected chi connectivity index (χ0v) is 13.0. The molecule has 1 heterocycles. The molecule has 112 valence electrons. The maximum atomic E-state index is 12.6. The molecule has 0 amide bonds. The van der Waals surface area contributed by atoms with Crippen LogP contribution < -0.4 is 0 Å². The van der Waals surface area contributed by atoms with Crippen molar-refractivity contribution < 1.29 is 18.3 Å². The monoisotopic (exact) mass is 325 g/mol. The summed E-state index contributed by atoms with van der Waals surface area (Å²) in [7, 11) is -3.71. The first-order chi connectivity index (χ1) is 9.95. The predicted molar refractivity (Wildman–Crippen MR) is 81.0 cm³/mol. The van der Waals surface area contributed by atoms with Crippen molar-refractivity contribution in [3.63, 3.8) is 0 Å². The van der Waals surface area contributed by atoms with E-state index in [1.165, 1.54) is 39.9 Å². The molecule has 21 heavy (non-hydrogen) atoms. The van der Waals surface area contributed by atoms with Crippen LogP contribution in [0.25, 0.3) is 0 Å². The summed E-state index contributed by atoms with van der Waals surface area (Å²) in [6.45, 7) is 2.36. The third kappa shape index (κ3) is 3.49. The lowest BCUT2D eigenvalue weighted by Gasteiger charge is -2.20. The fourth-order valence-electron chi connectivity index (χ4n) is 1.88. The van der Waals surface area contributed by atoms with Gasteiger partial charge in [-0.3, -0.25) is 0 Å². The third-order valence-corrected chi connectivity index (χ3v) is 5.76. The van der Waals surface area contributed by atoms with E-state index < -0.39 is 16.0 Å². The Bertz CT molecular complexity index is 723. The molecule has 0 atom stereocenters. The largest absolute Gasteiger partial charge is 0.478 e. The van der Waals surface area contributed by atoms with Crippen LogP contribution in [0.3, 0.4) is 0 Å². The van der Waals surface area contributed by atoms with Gasteiger partial charge in [-0.2, -0.15) is 4.31 Å². The smallest absolute Gasteiger partial charge is 0.335 e. The Kier molecular flexibility index (Phi) is 4.76. The highest BCUT2D eigenvalue weighted by Crippen LogP contribution is 2.21. The average molecular weight is 325 g/mol. The van der Waals surface area contributed by atoms with Crippen molar-refractivity contribution in [2.24, 2.45) is 0 Å². The van der Waals surface area contributed by atoms with Gasteiger partial charge in [-0.05, 0) is 29.6 Å². The molecular weight excluding hydrogens is 310 g/mol. The first kappa shape index (κ1) is 15.7. The number of aromatic carboxylic acids is 1. The zero-order chi connectivity index (χ0) is 15.5. The Morgan fingerprint density at radius 3 is 2.62 bits per heavy atom. The van der Waals surface area contributed by atoms with Crippen LogP contribution in [0.1, 0.15) is 22.2 Å². The van der Waals surface area contributed by atoms with Gasteiger partial charge in [0.1, 0.15) is 0 Å². The van der Waals surface area contributed by atoms with Crippen LogP contribution >= 0.6 is 11.3 Å². The molecule has 0 fully saturated rings. The van der Waals surface area contributed by atoms with E-state index in [0.29, 0.717) is 6.54 Å². The van der Waals surface area contributed by atoms with E-state index >= 15 is 0 Å². The van der Waals surface area contributed by atoms with Crippen molar-refractivity contribution in [2.75, 3.05) is 6.54 Å². The second-order valence-electron chi connectivity index (χ2n) is 4.34. The van der Waals surface area contributed by atoms with Crippen LogP contribution in [0.5, 0.6) is 0 Å². The number of carboxylic acid groups (broad SMARTS) is 1. The van der Waals surface area contributed by atoms with Crippen molar-refractivity contribution >= 4 is 27.3 Å². The van der Waals surface area contributed by atoms with Gasteiger partial charge in [-0.1, -0.05) is 19.1 Å². The van der Waals surface area contributed by atoms with E-state index in [1.54, 1.807) is 6.92 Å². The van der Waals surface area contributed by atoms with Crippen LogP contribution in [0.4, 0.5) is 0 Å². The van der Waals surface area contributed by atoms with Crippen molar-refractivity contribution in [1.82, 2.24) is 4.31 Å². The molecule has 0 radical (unpaired) electrons. The van der Waals surface area contributed by atoms with Gasteiger partial charge in [0, 0.05) is 18.0 Å². The minimum absolute atomic E-state index is 0.000746. The Morgan fingerprint density at radius 2 is 2.05 bits per heavy atom. The molecule has 0 unspecified atom stereocenters. The molecule has 7 heteroatoms. The summed E-state index contributed by atoms with van der Waals surface area (Å²) < 4.78 is 26.5. The molecule has 2 aromatic rings.